The number of ether oxygens (including phenoxy) is 1. The van der Waals surface area contributed by atoms with Crippen molar-refractivity contribution in [2.24, 2.45) is 0 Å². The third-order valence-electron chi connectivity index (χ3n) is 3.33. The average Bonchev–Trinajstić information content (AvgIpc) is 2.54. The van der Waals surface area contributed by atoms with Gasteiger partial charge in [-0.1, -0.05) is 12.1 Å². The Labute approximate surface area is 146 Å². The standard InChI is InChI=1S/C19H21FN2O3/c1-13(2)25-16-10-8-15(9-11-16)21-19(24)12-22(14(3)23)18-7-5-4-6-17(18)20/h4-11,13H,12H2,1-3H3,(H,21,24). The molecule has 5 nitrogen and oxygen atoms in total. The van der Waals surface area contributed by atoms with Gasteiger partial charge in [0.2, 0.25) is 11.8 Å². The lowest BCUT2D eigenvalue weighted by Crippen LogP contribution is -2.37. The molecule has 6 heteroatoms. The summed E-state index contributed by atoms with van der Waals surface area (Å²) in [6.07, 6.45) is 0.0605. The summed E-state index contributed by atoms with van der Waals surface area (Å²) in [5.41, 5.74) is 0.643. The van der Waals surface area contributed by atoms with Crippen LogP contribution < -0.4 is 15.0 Å². The molecule has 2 aromatic carbocycles. The van der Waals surface area contributed by atoms with Crippen molar-refractivity contribution < 1.29 is 18.7 Å². The highest BCUT2D eigenvalue weighted by molar-refractivity contribution is 6.01. The summed E-state index contributed by atoms with van der Waals surface area (Å²) in [4.78, 5) is 25.1. The number of hydrogen-bond donors (Lipinski definition) is 1. The van der Waals surface area contributed by atoms with Crippen molar-refractivity contribution in [1.29, 1.82) is 0 Å². The van der Waals surface area contributed by atoms with E-state index in [0.29, 0.717) is 11.4 Å². The number of benzene rings is 2. The van der Waals surface area contributed by atoms with Gasteiger partial charge in [0.25, 0.3) is 0 Å². The zero-order valence-electron chi connectivity index (χ0n) is 14.5. The summed E-state index contributed by atoms with van der Waals surface area (Å²) in [6, 6.07) is 12.7. The van der Waals surface area contributed by atoms with E-state index < -0.39 is 17.6 Å². The molecule has 0 radical (unpaired) electrons. The fraction of sp³-hybridized carbons (Fsp3) is 0.263. The molecule has 0 bridgehead atoms. The number of nitrogens with one attached hydrogen (secondary N) is 1. The lowest BCUT2D eigenvalue weighted by atomic mass is 10.2. The molecule has 0 saturated heterocycles. The Balaban J connectivity index is 2.04. The van der Waals surface area contributed by atoms with Crippen LogP contribution in [0.3, 0.4) is 0 Å². The van der Waals surface area contributed by atoms with E-state index in [4.69, 9.17) is 4.74 Å². The highest BCUT2D eigenvalue weighted by Crippen LogP contribution is 2.20. The lowest BCUT2D eigenvalue weighted by molar-refractivity contribution is -0.120. The van der Waals surface area contributed by atoms with Crippen LogP contribution in [0.1, 0.15) is 20.8 Å². The van der Waals surface area contributed by atoms with Gasteiger partial charge in [-0.2, -0.15) is 0 Å². The smallest absolute Gasteiger partial charge is 0.244 e. The van der Waals surface area contributed by atoms with Crippen molar-refractivity contribution in [3.05, 3.63) is 54.3 Å². The first-order valence-corrected chi connectivity index (χ1v) is 7.96. The first-order chi connectivity index (χ1) is 11.9. The van der Waals surface area contributed by atoms with Gasteiger partial charge in [-0.25, -0.2) is 4.39 Å². The van der Waals surface area contributed by atoms with Gasteiger partial charge >= 0.3 is 0 Å². The van der Waals surface area contributed by atoms with E-state index in [1.54, 1.807) is 30.3 Å². The summed E-state index contributed by atoms with van der Waals surface area (Å²) in [5.74, 6) is -0.692. The quantitative estimate of drug-likeness (QED) is 0.871. The number of carbonyl (C=O) groups excluding carboxylic acids is 2. The van der Waals surface area contributed by atoms with Crippen LogP contribution in [0, 0.1) is 5.82 Å². The van der Waals surface area contributed by atoms with E-state index in [9.17, 15) is 14.0 Å². The van der Waals surface area contributed by atoms with Crippen LogP contribution in [0.5, 0.6) is 5.75 Å². The van der Waals surface area contributed by atoms with E-state index in [2.05, 4.69) is 5.32 Å². The van der Waals surface area contributed by atoms with Crippen molar-refractivity contribution >= 4 is 23.2 Å². The molecule has 0 unspecified atom stereocenters. The van der Waals surface area contributed by atoms with Crippen molar-refractivity contribution in [3.63, 3.8) is 0 Å². The second-order valence-electron chi connectivity index (χ2n) is 5.80. The molecular formula is C19H21FN2O3. The van der Waals surface area contributed by atoms with Crippen molar-refractivity contribution in [1.82, 2.24) is 0 Å². The highest BCUT2D eigenvalue weighted by atomic mass is 19.1. The van der Waals surface area contributed by atoms with E-state index in [1.165, 1.54) is 25.1 Å². The van der Waals surface area contributed by atoms with Gasteiger partial charge < -0.3 is 15.0 Å². The third-order valence-corrected chi connectivity index (χ3v) is 3.33. The van der Waals surface area contributed by atoms with Crippen LogP contribution in [0.15, 0.2) is 48.5 Å². The number of carbonyl (C=O) groups is 2. The Kier molecular flexibility index (Phi) is 6.11. The number of rotatable bonds is 6. The predicted octanol–water partition coefficient (Wildman–Crippen LogP) is 3.60. The van der Waals surface area contributed by atoms with E-state index in [-0.39, 0.29) is 18.3 Å². The van der Waals surface area contributed by atoms with Gasteiger partial charge in [-0.3, -0.25) is 9.59 Å². The topological polar surface area (TPSA) is 58.6 Å². The van der Waals surface area contributed by atoms with E-state index in [1.807, 2.05) is 13.8 Å². The maximum Gasteiger partial charge on any atom is 0.244 e. The summed E-state index contributed by atoms with van der Waals surface area (Å²) >= 11 is 0. The fourth-order valence-electron chi connectivity index (χ4n) is 2.27. The zero-order valence-corrected chi connectivity index (χ0v) is 14.5. The molecule has 132 valence electrons. The lowest BCUT2D eigenvalue weighted by Gasteiger charge is -2.21. The van der Waals surface area contributed by atoms with Gasteiger partial charge in [0.05, 0.1) is 11.8 Å². The van der Waals surface area contributed by atoms with Crippen LogP contribution in [0.4, 0.5) is 15.8 Å². The van der Waals surface area contributed by atoms with Crippen molar-refractivity contribution in [2.75, 3.05) is 16.8 Å². The maximum absolute atomic E-state index is 13.9. The second kappa shape index (κ2) is 8.28. The Morgan fingerprint density at radius 1 is 1.12 bits per heavy atom. The largest absolute Gasteiger partial charge is 0.491 e. The molecule has 0 heterocycles. The Hall–Kier alpha value is -2.89. The highest BCUT2D eigenvalue weighted by Gasteiger charge is 2.18. The summed E-state index contributed by atoms with van der Waals surface area (Å²) in [6.45, 7) is 4.86. The van der Waals surface area contributed by atoms with Gasteiger partial charge in [-0.15, -0.1) is 0 Å². The molecule has 1 N–H and O–H groups in total. The molecule has 25 heavy (non-hydrogen) atoms. The maximum atomic E-state index is 13.9. The minimum atomic E-state index is -0.555. The number of anilines is 2. The molecule has 2 amide bonds. The first-order valence-electron chi connectivity index (χ1n) is 7.96. The van der Waals surface area contributed by atoms with Gasteiger partial charge in [0.1, 0.15) is 18.1 Å². The summed E-state index contributed by atoms with van der Waals surface area (Å²) in [5, 5.41) is 2.69. The van der Waals surface area contributed by atoms with Crippen LogP contribution in [-0.2, 0) is 9.59 Å². The third kappa shape index (κ3) is 5.31. The fourth-order valence-corrected chi connectivity index (χ4v) is 2.27. The Morgan fingerprint density at radius 2 is 1.76 bits per heavy atom. The molecule has 0 spiro atoms. The molecule has 0 fully saturated rings. The Bertz CT molecular complexity index is 745. The number of para-hydroxylation sites is 1. The minimum Gasteiger partial charge on any atom is -0.491 e. The summed E-state index contributed by atoms with van der Waals surface area (Å²) < 4.78 is 19.4. The van der Waals surface area contributed by atoms with Crippen LogP contribution >= 0.6 is 0 Å². The van der Waals surface area contributed by atoms with Crippen LogP contribution in [0.2, 0.25) is 0 Å². The number of nitrogens with zero attached hydrogens (tertiary/aromatic N) is 1. The SMILES string of the molecule is CC(=O)N(CC(=O)Nc1ccc(OC(C)C)cc1)c1ccccc1F. The van der Waals surface area contributed by atoms with Gasteiger partial charge in [0, 0.05) is 12.6 Å². The molecule has 0 aliphatic heterocycles. The van der Waals surface area contributed by atoms with Crippen molar-refractivity contribution in [2.45, 2.75) is 26.9 Å². The van der Waals surface area contributed by atoms with Gasteiger partial charge in [0.15, 0.2) is 0 Å². The van der Waals surface area contributed by atoms with Crippen molar-refractivity contribution in [3.8, 4) is 5.75 Å². The second-order valence-corrected chi connectivity index (χ2v) is 5.80. The number of amides is 2. The molecule has 0 saturated carbocycles. The predicted molar refractivity (Wildman–Crippen MR) is 95.3 cm³/mol. The molecule has 0 atom stereocenters. The molecule has 0 aromatic heterocycles. The minimum absolute atomic E-state index is 0.0605. The molecule has 2 rings (SSSR count). The molecule has 2 aromatic rings. The first kappa shape index (κ1) is 18.4. The Morgan fingerprint density at radius 3 is 2.32 bits per heavy atom. The van der Waals surface area contributed by atoms with Crippen LogP contribution in [0.25, 0.3) is 0 Å². The normalized spacial score (nSPS) is 10.4. The van der Waals surface area contributed by atoms with E-state index >= 15 is 0 Å². The van der Waals surface area contributed by atoms with E-state index in [0.717, 1.165) is 4.90 Å². The molecule has 0 aliphatic carbocycles. The van der Waals surface area contributed by atoms with Gasteiger partial charge in [-0.05, 0) is 50.2 Å². The van der Waals surface area contributed by atoms with Crippen LogP contribution in [-0.4, -0.2) is 24.5 Å². The number of halogens is 1. The number of hydrogen-bond acceptors (Lipinski definition) is 3. The average molecular weight is 344 g/mol. The zero-order chi connectivity index (χ0) is 18.4. The summed E-state index contributed by atoms with van der Waals surface area (Å²) in [7, 11) is 0. The molecular weight excluding hydrogens is 323 g/mol. The monoisotopic (exact) mass is 344 g/mol. The molecule has 0 aliphatic rings.